The van der Waals surface area contributed by atoms with E-state index in [0.717, 1.165) is 11.3 Å². The number of nitrogens with zero attached hydrogens (tertiary/aromatic N) is 4. The summed E-state index contributed by atoms with van der Waals surface area (Å²) in [5, 5.41) is 11.6. The van der Waals surface area contributed by atoms with E-state index >= 15 is 0 Å². The molecule has 0 radical (unpaired) electrons. The molecule has 0 atom stereocenters. The molecular weight excluding hydrogens is 342 g/mol. The molecule has 0 bridgehead atoms. The third kappa shape index (κ3) is 3.72. The molecule has 1 N–H and O–H groups in total. The molecule has 7 nitrogen and oxygen atoms in total. The Bertz CT molecular complexity index is 1050. The number of carbonyl (C=O) groups excluding carboxylic acids is 1. The minimum absolute atomic E-state index is 0.466. The van der Waals surface area contributed by atoms with E-state index < -0.39 is 6.09 Å². The summed E-state index contributed by atoms with van der Waals surface area (Å²) >= 11 is 0. The van der Waals surface area contributed by atoms with Gasteiger partial charge in [-0.2, -0.15) is 10.2 Å². The zero-order valence-corrected chi connectivity index (χ0v) is 14.6. The van der Waals surface area contributed by atoms with Crippen LogP contribution in [0.1, 0.15) is 0 Å². The lowest BCUT2D eigenvalue weighted by Gasteiger charge is -2.09. The van der Waals surface area contributed by atoms with Crippen molar-refractivity contribution in [3.63, 3.8) is 0 Å². The van der Waals surface area contributed by atoms with Gasteiger partial charge in [-0.15, -0.1) is 0 Å². The van der Waals surface area contributed by atoms with Crippen LogP contribution in [-0.4, -0.2) is 25.7 Å². The van der Waals surface area contributed by atoms with Gasteiger partial charge in [-0.3, -0.25) is 10.00 Å². The van der Waals surface area contributed by atoms with Crippen molar-refractivity contribution in [2.24, 2.45) is 7.05 Å². The minimum atomic E-state index is -0.587. The average molecular weight is 359 g/mol. The number of hydrogen-bond acceptors (Lipinski definition) is 4. The number of aryl methyl sites for hydroxylation is 1. The molecule has 27 heavy (non-hydrogen) atoms. The summed E-state index contributed by atoms with van der Waals surface area (Å²) in [7, 11) is 1.84. The second-order valence-electron chi connectivity index (χ2n) is 5.89. The van der Waals surface area contributed by atoms with Crippen LogP contribution in [0.4, 0.5) is 10.6 Å². The SMILES string of the molecule is Cn1cc(-c2cc(NC(=O)Oc3ccccc3)n(-c3ccccc3)n2)cn1. The van der Waals surface area contributed by atoms with E-state index in [2.05, 4.69) is 15.5 Å². The number of anilines is 1. The van der Waals surface area contributed by atoms with Crippen molar-refractivity contribution in [3.05, 3.63) is 79.1 Å². The number of amides is 1. The van der Waals surface area contributed by atoms with E-state index in [1.54, 1.807) is 45.9 Å². The Morgan fingerprint density at radius 1 is 1.04 bits per heavy atom. The van der Waals surface area contributed by atoms with Gasteiger partial charge in [0.1, 0.15) is 11.6 Å². The largest absolute Gasteiger partial charge is 0.418 e. The number of nitrogens with one attached hydrogen (secondary N) is 1. The first-order valence-electron chi connectivity index (χ1n) is 8.37. The molecule has 0 fully saturated rings. The normalized spacial score (nSPS) is 10.6. The van der Waals surface area contributed by atoms with E-state index in [9.17, 15) is 4.79 Å². The van der Waals surface area contributed by atoms with E-state index in [-0.39, 0.29) is 0 Å². The monoisotopic (exact) mass is 359 g/mol. The van der Waals surface area contributed by atoms with Gasteiger partial charge in [-0.25, -0.2) is 9.48 Å². The van der Waals surface area contributed by atoms with Crippen LogP contribution in [0.3, 0.4) is 0 Å². The molecule has 0 aliphatic carbocycles. The first kappa shape index (κ1) is 16.6. The third-order valence-electron chi connectivity index (χ3n) is 3.89. The van der Waals surface area contributed by atoms with Gasteiger partial charge in [0.15, 0.2) is 0 Å². The highest BCUT2D eigenvalue weighted by Gasteiger charge is 2.15. The molecule has 0 saturated carbocycles. The smallest absolute Gasteiger partial charge is 0.410 e. The molecule has 2 heterocycles. The summed E-state index contributed by atoms with van der Waals surface area (Å²) in [6.45, 7) is 0. The molecular formula is C20H17N5O2. The number of aromatic nitrogens is 4. The molecule has 134 valence electrons. The van der Waals surface area contributed by atoms with Crippen molar-refractivity contribution in [2.45, 2.75) is 0 Å². The number of rotatable bonds is 4. The zero-order chi connectivity index (χ0) is 18.6. The fraction of sp³-hybridized carbons (Fsp3) is 0.0500. The summed E-state index contributed by atoms with van der Waals surface area (Å²) in [6, 6.07) is 20.2. The predicted octanol–water partition coefficient (Wildman–Crippen LogP) is 3.88. The Balaban J connectivity index is 1.65. The van der Waals surface area contributed by atoms with Crippen molar-refractivity contribution in [1.82, 2.24) is 19.6 Å². The molecule has 2 aromatic carbocycles. The van der Waals surface area contributed by atoms with Gasteiger partial charge < -0.3 is 4.74 Å². The summed E-state index contributed by atoms with van der Waals surface area (Å²) in [5.74, 6) is 0.967. The molecule has 0 unspecified atom stereocenters. The maximum atomic E-state index is 12.3. The van der Waals surface area contributed by atoms with Crippen LogP contribution in [0.5, 0.6) is 5.75 Å². The van der Waals surface area contributed by atoms with E-state index in [0.29, 0.717) is 17.3 Å². The predicted molar refractivity (Wildman–Crippen MR) is 102 cm³/mol. The number of hydrogen-bond donors (Lipinski definition) is 1. The summed E-state index contributed by atoms with van der Waals surface area (Å²) < 4.78 is 8.68. The number of ether oxygens (including phenoxy) is 1. The average Bonchev–Trinajstić information content (AvgIpc) is 3.29. The lowest BCUT2D eigenvalue weighted by atomic mass is 10.2. The van der Waals surface area contributed by atoms with Crippen LogP contribution in [0.25, 0.3) is 16.9 Å². The van der Waals surface area contributed by atoms with Gasteiger partial charge in [0.2, 0.25) is 0 Å². The molecule has 4 aromatic rings. The Hall–Kier alpha value is -3.87. The van der Waals surface area contributed by atoms with Gasteiger partial charge in [-0.1, -0.05) is 36.4 Å². The molecule has 0 spiro atoms. The number of para-hydroxylation sites is 2. The van der Waals surface area contributed by atoms with Crippen LogP contribution in [0.15, 0.2) is 79.1 Å². The molecule has 4 rings (SSSR count). The highest BCUT2D eigenvalue weighted by atomic mass is 16.6. The van der Waals surface area contributed by atoms with Crippen LogP contribution in [0, 0.1) is 0 Å². The topological polar surface area (TPSA) is 74.0 Å². The van der Waals surface area contributed by atoms with Crippen molar-refractivity contribution in [1.29, 1.82) is 0 Å². The molecule has 0 aliphatic heterocycles. The quantitative estimate of drug-likeness (QED) is 0.600. The standard InChI is InChI=1S/C20H17N5O2/c1-24-14-15(13-21-24)18-12-19(25(23-18)16-8-4-2-5-9-16)22-20(26)27-17-10-6-3-7-11-17/h2-14H,1H3,(H,22,26). The van der Waals surface area contributed by atoms with Crippen molar-refractivity contribution >= 4 is 11.9 Å². The van der Waals surface area contributed by atoms with E-state index in [1.807, 2.05) is 49.6 Å². The second-order valence-corrected chi connectivity index (χ2v) is 5.89. The number of carbonyl (C=O) groups is 1. The zero-order valence-electron chi connectivity index (χ0n) is 14.6. The summed E-state index contributed by atoms with van der Waals surface area (Å²) in [4.78, 5) is 12.3. The van der Waals surface area contributed by atoms with Crippen molar-refractivity contribution in [3.8, 4) is 22.7 Å². The highest BCUT2D eigenvalue weighted by molar-refractivity contribution is 5.86. The summed E-state index contributed by atoms with van der Waals surface area (Å²) in [5.41, 5.74) is 2.37. The van der Waals surface area contributed by atoms with Crippen LogP contribution >= 0.6 is 0 Å². The lowest BCUT2D eigenvalue weighted by molar-refractivity contribution is 0.215. The maximum Gasteiger partial charge on any atom is 0.418 e. The number of benzene rings is 2. The van der Waals surface area contributed by atoms with E-state index in [4.69, 9.17) is 4.74 Å². The molecule has 0 aliphatic rings. The Labute approximate surface area is 155 Å². The third-order valence-corrected chi connectivity index (χ3v) is 3.89. The fourth-order valence-corrected chi connectivity index (χ4v) is 2.66. The Morgan fingerprint density at radius 2 is 1.74 bits per heavy atom. The van der Waals surface area contributed by atoms with Crippen LogP contribution in [0.2, 0.25) is 0 Å². The summed E-state index contributed by atoms with van der Waals surface area (Å²) in [6.07, 6.45) is 3.00. The first-order valence-corrected chi connectivity index (χ1v) is 8.37. The molecule has 1 amide bonds. The highest BCUT2D eigenvalue weighted by Crippen LogP contribution is 2.24. The second kappa shape index (κ2) is 7.17. The minimum Gasteiger partial charge on any atom is -0.410 e. The first-order chi connectivity index (χ1) is 13.2. The van der Waals surface area contributed by atoms with Gasteiger partial charge in [0.05, 0.1) is 17.6 Å². The fourth-order valence-electron chi connectivity index (χ4n) is 2.66. The lowest BCUT2D eigenvalue weighted by Crippen LogP contribution is -2.19. The molecule has 0 saturated heterocycles. The van der Waals surface area contributed by atoms with Crippen LogP contribution in [-0.2, 0) is 7.05 Å². The van der Waals surface area contributed by atoms with Gasteiger partial charge >= 0.3 is 6.09 Å². The van der Waals surface area contributed by atoms with Crippen molar-refractivity contribution < 1.29 is 9.53 Å². The Kier molecular flexibility index (Phi) is 4.40. The van der Waals surface area contributed by atoms with Crippen LogP contribution < -0.4 is 10.1 Å². The Morgan fingerprint density at radius 3 is 2.41 bits per heavy atom. The van der Waals surface area contributed by atoms with E-state index in [1.165, 1.54) is 0 Å². The molecule has 2 aromatic heterocycles. The van der Waals surface area contributed by atoms with Gasteiger partial charge in [-0.05, 0) is 24.3 Å². The molecule has 7 heteroatoms. The van der Waals surface area contributed by atoms with Gasteiger partial charge in [0.25, 0.3) is 0 Å². The van der Waals surface area contributed by atoms with Gasteiger partial charge in [0, 0.05) is 24.9 Å². The maximum absolute atomic E-state index is 12.3. The van der Waals surface area contributed by atoms with Crippen molar-refractivity contribution in [2.75, 3.05) is 5.32 Å².